The third kappa shape index (κ3) is 1.69. The van der Waals surface area contributed by atoms with Gasteiger partial charge in [0.15, 0.2) is 0 Å². The van der Waals surface area contributed by atoms with Crippen LogP contribution in [0.4, 0.5) is 11.4 Å². The molecule has 0 spiro atoms. The van der Waals surface area contributed by atoms with Gasteiger partial charge in [0.2, 0.25) is 0 Å². The predicted molar refractivity (Wildman–Crippen MR) is 51.0 cm³/mol. The number of nitrogen functional groups attached to an aromatic ring is 2. The van der Waals surface area contributed by atoms with E-state index >= 15 is 0 Å². The van der Waals surface area contributed by atoms with Crippen molar-refractivity contribution in [3.63, 3.8) is 0 Å². The molecule has 0 atom stereocenters. The molecule has 3 heteroatoms. The molecule has 3 nitrogen and oxygen atoms in total. The summed E-state index contributed by atoms with van der Waals surface area (Å²) in [6.45, 7) is 3.97. The van der Waals surface area contributed by atoms with E-state index in [1.54, 1.807) is 24.3 Å². The van der Waals surface area contributed by atoms with Gasteiger partial charge < -0.3 is 16.2 Å². The zero-order chi connectivity index (χ0) is 8.97. The highest BCUT2D eigenvalue weighted by Gasteiger charge is 2.00. The zero-order valence-corrected chi connectivity index (χ0v) is 6.79. The van der Waals surface area contributed by atoms with E-state index in [2.05, 4.69) is 6.58 Å². The standard InChI is InChI=1S/C9H12N2O/c1-2-6-12-8-5-3-4-7(10)9(8)11/h2-5H,1,6,10-11H2. The Morgan fingerprint density at radius 3 is 2.83 bits per heavy atom. The van der Waals surface area contributed by atoms with Crippen LogP contribution in [0.1, 0.15) is 0 Å². The Balaban J connectivity index is 2.84. The molecule has 0 aromatic heterocycles. The molecule has 0 saturated heterocycles. The minimum atomic E-state index is 0.438. The summed E-state index contributed by atoms with van der Waals surface area (Å²) in [5, 5.41) is 0. The lowest BCUT2D eigenvalue weighted by Crippen LogP contribution is -2.00. The average Bonchev–Trinajstić information content (AvgIpc) is 2.08. The minimum Gasteiger partial charge on any atom is -0.487 e. The number of benzene rings is 1. The van der Waals surface area contributed by atoms with Gasteiger partial charge in [-0.15, -0.1) is 0 Å². The van der Waals surface area contributed by atoms with Gasteiger partial charge in [-0.25, -0.2) is 0 Å². The molecule has 0 unspecified atom stereocenters. The Labute approximate surface area is 71.6 Å². The van der Waals surface area contributed by atoms with Crippen LogP contribution in [0.15, 0.2) is 30.9 Å². The molecule has 1 aromatic carbocycles. The van der Waals surface area contributed by atoms with E-state index in [4.69, 9.17) is 16.2 Å². The summed E-state index contributed by atoms with van der Waals surface area (Å²) >= 11 is 0. The Morgan fingerprint density at radius 2 is 2.17 bits per heavy atom. The molecule has 0 radical (unpaired) electrons. The van der Waals surface area contributed by atoms with E-state index < -0.39 is 0 Å². The largest absolute Gasteiger partial charge is 0.487 e. The fraction of sp³-hybridized carbons (Fsp3) is 0.111. The fourth-order valence-electron chi connectivity index (χ4n) is 0.836. The van der Waals surface area contributed by atoms with E-state index in [0.29, 0.717) is 23.7 Å². The van der Waals surface area contributed by atoms with Gasteiger partial charge in [0, 0.05) is 0 Å². The number of nitrogens with two attached hydrogens (primary N) is 2. The van der Waals surface area contributed by atoms with Gasteiger partial charge in [0.1, 0.15) is 12.4 Å². The molecule has 0 heterocycles. The maximum absolute atomic E-state index is 5.64. The van der Waals surface area contributed by atoms with Crippen molar-refractivity contribution >= 4 is 11.4 Å². The normalized spacial score (nSPS) is 9.33. The first kappa shape index (κ1) is 8.46. The molecule has 1 aromatic rings. The minimum absolute atomic E-state index is 0.438. The summed E-state index contributed by atoms with van der Waals surface area (Å²) in [5.41, 5.74) is 12.2. The van der Waals surface area contributed by atoms with Gasteiger partial charge in [0.25, 0.3) is 0 Å². The Morgan fingerprint density at radius 1 is 1.42 bits per heavy atom. The molecule has 0 fully saturated rings. The molecule has 4 N–H and O–H groups in total. The summed E-state index contributed by atoms with van der Waals surface area (Å²) in [4.78, 5) is 0. The van der Waals surface area contributed by atoms with Crippen molar-refractivity contribution < 1.29 is 4.74 Å². The molecular weight excluding hydrogens is 152 g/mol. The number of ether oxygens (including phenoxy) is 1. The highest BCUT2D eigenvalue weighted by atomic mass is 16.5. The fourth-order valence-corrected chi connectivity index (χ4v) is 0.836. The van der Waals surface area contributed by atoms with Gasteiger partial charge in [0.05, 0.1) is 11.4 Å². The third-order valence-electron chi connectivity index (χ3n) is 1.46. The van der Waals surface area contributed by atoms with Crippen LogP contribution in [0.5, 0.6) is 5.75 Å². The summed E-state index contributed by atoms with van der Waals surface area (Å²) in [7, 11) is 0. The third-order valence-corrected chi connectivity index (χ3v) is 1.46. The van der Waals surface area contributed by atoms with Crippen LogP contribution >= 0.6 is 0 Å². The lowest BCUT2D eigenvalue weighted by molar-refractivity contribution is 0.365. The van der Waals surface area contributed by atoms with Crippen LogP contribution in [0.25, 0.3) is 0 Å². The van der Waals surface area contributed by atoms with Crippen molar-refractivity contribution in [2.75, 3.05) is 18.1 Å². The average molecular weight is 164 g/mol. The lowest BCUT2D eigenvalue weighted by Gasteiger charge is -2.07. The quantitative estimate of drug-likeness (QED) is 0.524. The zero-order valence-electron chi connectivity index (χ0n) is 6.79. The number of para-hydroxylation sites is 1. The second-order valence-electron chi connectivity index (χ2n) is 2.36. The van der Waals surface area contributed by atoms with Crippen molar-refractivity contribution in [2.24, 2.45) is 0 Å². The molecule has 64 valence electrons. The summed E-state index contributed by atoms with van der Waals surface area (Å²) in [6.07, 6.45) is 1.66. The molecule has 1 rings (SSSR count). The van der Waals surface area contributed by atoms with Crippen LogP contribution in [0, 0.1) is 0 Å². The van der Waals surface area contributed by atoms with Crippen LogP contribution in [-0.4, -0.2) is 6.61 Å². The number of hydrogen-bond donors (Lipinski definition) is 2. The molecular formula is C9H12N2O. The van der Waals surface area contributed by atoms with Crippen LogP contribution in [0.2, 0.25) is 0 Å². The van der Waals surface area contributed by atoms with Crippen molar-refractivity contribution in [1.29, 1.82) is 0 Å². The van der Waals surface area contributed by atoms with Gasteiger partial charge >= 0.3 is 0 Å². The second-order valence-corrected chi connectivity index (χ2v) is 2.36. The van der Waals surface area contributed by atoms with Crippen molar-refractivity contribution in [3.8, 4) is 5.75 Å². The van der Waals surface area contributed by atoms with Crippen molar-refractivity contribution in [1.82, 2.24) is 0 Å². The van der Waals surface area contributed by atoms with E-state index in [1.807, 2.05) is 0 Å². The van der Waals surface area contributed by atoms with Crippen molar-refractivity contribution in [3.05, 3.63) is 30.9 Å². The SMILES string of the molecule is C=CCOc1cccc(N)c1N. The number of hydrogen-bond acceptors (Lipinski definition) is 3. The van der Waals surface area contributed by atoms with Crippen LogP contribution in [-0.2, 0) is 0 Å². The van der Waals surface area contributed by atoms with Crippen LogP contribution in [0.3, 0.4) is 0 Å². The van der Waals surface area contributed by atoms with Gasteiger partial charge in [-0.1, -0.05) is 18.7 Å². The molecule has 12 heavy (non-hydrogen) atoms. The maximum Gasteiger partial charge on any atom is 0.144 e. The number of rotatable bonds is 3. The summed E-state index contributed by atoms with van der Waals surface area (Å²) < 4.78 is 5.24. The topological polar surface area (TPSA) is 61.3 Å². The molecule has 0 aliphatic rings. The Bertz CT molecular complexity index is 284. The number of anilines is 2. The Kier molecular flexibility index (Phi) is 2.58. The van der Waals surface area contributed by atoms with Gasteiger partial charge in [-0.2, -0.15) is 0 Å². The van der Waals surface area contributed by atoms with E-state index in [0.717, 1.165) is 0 Å². The highest BCUT2D eigenvalue weighted by Crippen LogP contribution is 2.26. The highest BCUT2D eigenvalue weighted by molar-refractivity contribution is 5.70. The van der Waals surface area contributed by atoms with E-state index in [-0.39, 0.29) is 0 Å². The van der Waals surface area contributed by atoms with Gasteiger partial charge in [-0.3, -0.25) is 0 Å². The van der Waals surface area contributed by atoms with E-state index in [9.17, 15) is 0 Å². The molecule has 0 amide bonds. The Hall–Kier alpha value is -1.64. The summed E-state index contributed by atoms with van der Waals surface area (Å²) in [6, 6.07) is 5.30. The second kappa shape index (κ2) is 3.67. The first-order valence-corrected chi connectivity index (χ1v) is 3.63. The monoisotopic (exact) mass is 164 g/mol. The van der Waals surface area contributed by atoms with E-state index in [1.165, 1.54) is 0 Å². The summed E-state index contributed by atoms with van der Waals surface area (Å²) in [5.74, 6) is 0.606. The maximum atomic E-state index is 5.64. The molecule has 0 bridgehead atoms. The van der Waals surface area contributed by atoms with Crippen LogP contribution < -0.4 is 16.2 Å². The smallest absolute Gasteiger partial charge is 0.144 e. The van der Waals surface area contributed by atoms with Crippen molar-refractivity contribution in [2.45, 2.75) is 0 Å². The first-order chi connectivity index (χ1) is 5.75. The van der Waals surface area contributed by atoms with Gasteiger partial charge in [-0.05, 0) is 12.1 Å². The lowest BCUT2D eigenvalue weighted by atomic mass is 10.2. The molecule has 0 aliphatic carbocycles. The molecule has 0 saturated carbocycles. The first-order valence-electron chi connectivity index (χ1n) is 3.63. The predicted octanol–water partition coefficient (Wildman–Crippen LogP) is 1.42. The molecule has 0 aliphatic heterocycles.